The fourth-order valence-electron chi connectivity index (χ4n) is 10.1. The molecular weight excluding hydrogens is 841 g/mol. The summed E-state index contributed by atoms with van der Waals surface area (Å²) in [7, 11) is 0. The molecule has 5 heteroatoms. The van der Waals surface area contributed by atoms with Crippen molar-refractivity contribution in [2.75, 3.05) is 0 Å². The number of para-hydroxylation sites is 1. The van der Waals surface area contributed by atoms with Crippen molar-refractivity contribution >= 4 is 55.7 Å². The van der Waals surface area contributed by atoms with E-state index in [0.29, 0.717) is 18.7 Å². The number of aryl methyl sites for hydroxylation is 1. The number of allylic oxidation sites excluding steroid dienone is 21. The third-order valence-electron chi connectivity index (χ3n) is 13.4. The van der Waals surface area contributed by atoms with Crippen LogP contribution in [0.1, 0.15) is 104 Å². The second-order valence-corrected chi connectivity index (χ2v) is 18.1. The molecule has 0 fully saturated rings. The average Bonchev–Trinajstić information content (AvgIpc) is 3.91. The van der Waals surface area contributed by atoms with Gasteiger partial charge in [-0.2, -0.15) is 0 Å². The van der Waals surface area contributed by atoms with Gasteiger partial charge in [0, 0.05) is 34.3 Å². The van der Waals surface area contributed by atoms with Crippen molar-refractivity contribution in [2.45, 2.75) is 70.6 Å². The van der Waals surface area contributed by atoms with E-state index >= 15 is 0 Å². The summed E-state index contributed by atoms with van der Waals surface area (Å²) in [4.78, 5) is 16.1. The summed E-state index contributed by atoms with van der Waals surface area (Å²) in [5, 5.41) is 3.06. The Labute approximate surface area is 406 Å². The van der Waals surface area contributed by atoms with Gasteiger partial charge >= 0.3 is 0 Å². The molecule has 0 saturated heterocycles. The van der Waals surface area contributed by atoms with E-state index in [4.69, 9.17) is 25.9 Å². The normalized spacial score (nSPS) is 18.0. The standard InChI is InChI=1S/C64H56N4O/c1-6-8-9-14-34-50-41-52(42-56(48-30-19-12-20-31-48)60(50)68-57-36-24-23-35-55(57)59-58(68)38-37-54-53(25-7-2)45(5)69-61(54)59)64-66-62(65-63(67-64)49-32-21-13-22-33-49)44(4)40-51(47-28-17-11-18-29-47)39-43(3)46-26-15-10-16-27-46/h6-11,13-19,21-32,34-36,39,42,49,51-52H,1,4,12,20,33,40-41H2,2-3,5H3/b9-8-,25-7-,34-14+,43-39+. The summed E-state index contributed by atoms with van der Waals surface area (Å²) in [5.41, 5.74) is 12.9. The van der Waals surface area contributed by atoms with Crippen molar-refractivity contribution < 1.29 is 4.42 Å². The van der Waals surface area contributed by atoms with Crippen molar-refractivity contribution in [3.05, 3.63) is 258 Å². The zero-order chi connectivity index (χ0) is 47.3. The van der Waals surface area contributed by atoms with Crippen LogP contribution in [-0.4, -0.2) is 19.5 Å². The van der Waals surface area contributed by atoms with Crippen LogP contribution in [0.2, 0.25) is 0 Å². The van der Waals surface area contributed by atoms with Crippen LogP contribution in [0.5, 0.6) is 0 Å². The Kier molecular flexibility index (Phi) is 13.0. The predicted octanol–water partition coefficient (Wildman–Crippen LogP) is 16.5. The molecule has 4 aromatic carbocycles. The van der Waals surface area contributed by atoms with E-state index in [1.807, 2.05) is 32.1 Å². The Morgan fingerprint density at radius 2 is 1.65 bits per heavy atom. The first-order valence-electron chi connectivity index (χ1n) is 24.2. The van der Waals surface area contributed by atoms with Crippen LogP contribution in [-0.2, 0) is 0 Å². The fraction of sp³-hybridized carbons (Fsp3) is 0.172. The molecule has 5 nitrogen and oxygen atoms in total. The molecule has 0 spiro atoms. The van der Waals surface area contributed by atoms with Crippen molar-refractivity contribution in [3.63, 3.8) is 0 Å². The van der Waals surface area contributed by atoms with Crippen molar-refractivity contribution in [1.82, 2.24) is 19.5 Å². The summed E-state index contributed by atoms with van der Waals surface area (Å²) >= 11 is 0. The van der Waals surface area contributed by atoms with Gasteiger partial charge in [0.2, 0.25) is 0 Å². The number of rotatable bonds is 14. The highest BCUT2D eigenvalue weighted by Crippen LogP contribution is 2.46. The number of hydrogen-bond acceptors (Lipinski definition) is 4. The Morgan fingerprint density at radius 3 is 2.41 bits per heavy atom. The first-order valence-corrected chi connectivity index (χ1v) is 24.2. The topological polar surface area (TPSA) is 56.7 Å². The van der Waals surface area contributed by atoms with E-state index in [1.165, 1.54) is 22.3 Å². The van der Waals surface area contributed by atoms with Gasteiger partial charge in [0.25, 0.3) is 0 Å². The Balaban J connectivity index is 1.15. The number of hydrogen-bond donors (Lipinski definition) is 0. The predicted molar refractivity (Wildman–Crippen MR) is 288 cm³/mol. The quantitative estimate of drug-likeness (QED) is 0.102. The van der Waals surface area contributed by atoms with E-state index < -0.39 is 0 Å². The average molecular weight is 897 g/mol. The molecule has 0 saturated carbocycles. The van der Waals surface area contributed by atoms with E-state index in [9.17, 15) is 0 Å². The molecule has 3 atom stereocenters. The summed E-state index contributed by atoms with van der Waals surface area (Å²) < 4.78 is 9.03. The minimum absolute atomic E-state index is 0.0128. The van der Waals surface area contributed by atoms with Gasteiger partial charge in [0.1, 0.15) is 22.9 Å². The minimum Gasteiger partial charge on any atom is -0.459 e. The van der Waals surface area contributed by atoms with Crippen LogP contribution in [0.4, 0.5) is 0 Å². The Morgan fingerprint density at radius 1 is 0.870 bits per heavy atom. The van der Waals surface area contributed by atoms with Crippen LogP contribution in [0, 0.1) is 19.1 Å². The fourth-order valence-corrected chi connectivity index (χ4v) is 10.1. The SMILES string of the molecule is C=C/C=C\C=C\C1=C(n2c3c#cc4c(/C=C\C)c(C)oc4c3c3ccccc32)C(C2=CCCC=C2)=CC(c2nc(C(=C)CC(/C=C(\C)c3ccccc3)c3ccccc3)nc(C3C=CC=CC3)n2)C1. The third kappa shape index (κ3) is 9.07. The molecule has 0 N–H and O–H groups in total. The lowest BCUT2D eigenvalue weighted by Gasteiger charge is -2.29. The van der Waals surface area contributed by atoms with Gasteiger partial charge in [-0.1, -0.05) is 195 Å². The first-order chi connectivity index (χ1) is 33.9. The summed E-state index contributed by atoms with van der Waals surface area (Å²) in [5.74, 6) is 2.88. The molecule has 10 rings (SSSR count). The van der Waals surface area contributed by atoms with Gasteiger partial charge in [0.15, 0.2) is 11.4 Å². The maximum Gasteiger partial charge on any atom is 0.158 e. The Bertz CT molecular complexity index is 3430. The molecule has 3 aromatic heterocycles. The molecule has 69 heavy (non-hydrogen) atoms. The third-order valence-corrected chi connectivity index (χ3v) is 13.4. The van der Waals surface area contributed by atoms with Gasteiger partial charge in [-0.25, -0.2) is 15.0 Å². The molecule has 3 unspecified atom stereocenters. The van der Waals surface area contributed by atoms with Crippen LogP contribution in [0.15, 0.2) is 210 Å². The summed E-state index contributed by atoms with van der Waals surface area (Å²) in [6.07, 6.45) is 38.7. The lowest BCUT2D eigenvalue weighted by molar-refractivity contribution is 0.580. The smallest absolute Gasteiger partial charge is 0.158 e. The Hall–Kier alpha value is -8.07. The minimum atomic E-state index is -0.184. The molecule has 0 amide bonds. The summed E-state index contributed by atoms with van der Waals surface area (Å²) in [6.45, 7) is 14.9. The highest BCUT2D eigenvalue weighted by Gasteiger charge is 2.31. The first kappa shape index (κ1) is 44.7. The maximum absolute atomic E-state index is 6.65. The molecule has 3 aliphatic carbocycles. The van der Waals surface area contributed by atoms with Crippen molar-refractivity contribution in [3.8, 4) is 0 Å². The molecule has 3 aliphatic rings. The maximum atomic E-state index is 6.65. The zero-order valence-corrected chi connectivity index (χ0v) is 39.7. The largest absolute Gasteiger partial charge is 0.459 e. The molecule has 0 radical (unpaired) electrons. The second-order valence-electron chi connectivity index (χ2n) is 18.1. The van der Waals surface area contributed by atoms with Crippen molar-refractivity contribution in [2.24, 2.45) is 0 Å². The highest BCUT2D eigenvalue weighted by atomic mass is 16.3. The lowest BCUT2D eigenvalue weighted by Crippen LogP contribution is -2.18. The van der Waals surface area contributed by atoms with Crippen molar-refractivity contribution in [1.29, 1.82) is 0 Å². The van der Waals surface area contributed by atoms with E-state index in [1.54, 1.807) is 6.08 Å². The monoisotopic (exact) mass is 896 g/mol. The zero-order valence-electron chi connectivity index (χ0n) is 39.7. The molecule has 3 heterocycles. The van der Waals surface area contributed by atoms with Crippen LogP contribution >= 0.6 is 0 Å². The van der Waals surface area contributed by atoms with Gasteiger partial charge in [-0.05, 0) is 98.4 Å². The number of fused-ring (bicyclic) bond motifs is 5. The van der Waals surface area contributed by atoms with Crippen LogP contribution in [0.3, 0.4) is 0 Å². The number of furan rings is 1. The van der Waals surface area contributed by atoms with Gasteiger partial charge in [-0.3, -0.25) is 0 Å². The molecular formula is C64H56N4O. The van der Waals surface area contributed by atoms with E-state index in [2.05, 4.69) is 188 Å². The second kappa shape index (κ2) is 20.0. The highest BCUT2D eigenvalue weighted by molar-refractivity contribution is 6.20. The van der Waals surface area contributed by atoms with E-state index in [0.717, 1.165) is 97.4 Å². The van der Waals surface area contributed by atoms with Crippen LogP contribution < -0.4 is 0 Å². The number of nitrogens with zero attached hydrogens (tertiary/aromatic N) is 4. The van der Waals surface area contributed by atoms with Gasteiger partial charge < -0.3 is 8.98 Å². The molecule has 0 aliphatic heterocycles. The molecule has 0 bridgehead atoms. The van der Waals surface area contributed by atoms with Crippen LogP contribution in [0.25, 0.3) is 55.7 Å². The lowest BCUT2D eigenvalue weighted by atomic mass is 9.82. The summed E-state index contributed by atoms with van der Waals surface area (Å²) in [6, 6.07) is 37.1. The number of benzene rings is 3. The number of aromatic nitrogens is 4. The van der Waals surface area contributed by atoms with Gasteiger partial charge in [-0.15, -0.1) is 0 Å². The van der Waals surface area contributed by atoms with E-state index in [-0.39, 0.29) is 17.8 Å². The van der Waals surface area contributed by atoms with Gasteiger partial charge in [0.05, 0.1) is 22.0 Å². The molecule has 7 aromatic rings. The molecule has 338 valence electrons.